The number of thioether (sulfide) groups is 1. The number of benzene rings is 2. The van der Waals surface area contributed by atoms with Crippen LogP contribution in [-0.4, -0.2) is 14.2 Å². The van der Waals surface area contributed by atoms with Crippen LogP contribution in [0.4, 0.5) is 5.69 Å². The number of rotatable bonds is 6. The number of ether oxygens (including phenoxy) is 2. The molecule has 0 aliphatic carbocycles. The molecule has 0 unspecified atom stereocenters. The molecule has 0 spiro atoms. The normalized spacial score (nSPS) is 12.4. The first-order valence-electron chi connectivity index (χ1n) is 8.79. The molecule has 4 N–H and O–H groups in total. The van der Waals surface area contributed by atoms with E-state index in [9.17, 15) is 0 Å². The fourth-order valence-corrected chi connectivity index (χ4v) is 3.81. The van der Waals surface area contributed by atoms with Crippen molar-refractivity contribution in [2.24, 2.45) is 11.6 Å². The number of allylic oxidation sites excluding steroid dienone is 1. The number of methoxy groups -OCH3 is 2. The summed E-state index contributed by atoms with van der Waals surface area (Å²) < 4.78 is 11.6. The molecule has 5 nitrogen and oxygen atoms in total. The molecule has 0 saturated carbocycles. The second-order valence-electron chi connectivity index (χ2n) is 7.35. The van der Waals surface area contributed by atoms with Gasteiger partial charge in [0.05, 0.1) is 29.4 Å². The van der Waals surface area contributed by atoms with Crippen LogP contribution < -0.4 is 26.1 Å². The van der Waals surface area contributed by atoms with Gasteiger partial charge in [-0.05, 0) is 46.0 Å². The second kappa shape index (κ2) is 9.11. The van der Waals surface area contributed by atoms with Crippen molar-refractivity contribution in [3.05, 3.63) is 57.2 Å². The first-order valence-corrected chi connectivity index (χ1v) is 10.4. The minimum absolute atomic E-state index is 0.117. The number of hydrogen-bond acceptors (Lipinski definition) is 6. The Balaban J connectivity index is 2.30. The predicted octanol–water partition coefficient (Wildman–Crippen LogP) is 5.38. The summed E-state index contributed by atoms with van der Waals surface area (Å²) in [5.74, 6) is 7.62. The van der Waals surface area contributed by atoms with Crippen molar-refractivity contribution >= 4 is 33.4 Å². The smallest absolute Gasteiger partial charge is 0.145 e. The fraction of sp³-hybridized carbons (Fsp3) is 0.333. The third kappa shape index (κ3) is 5.16. The molecule has 0 amide bonds. The average Bonchev–Trinajstić information content (AvgIpc) is 2.66. The van der Waals surface area contributed by atoms with E-state index in [2.05, 4.69) is 61.0 Å². The van der Waals surface area contributed by atoms with E-state index in [1.807, 2.05) is 19.1 Å². The molecule has 0 heterocycles. The van der Waals surface area contributed by atoms with Gasteiger partial charge in [-0.3, -0.25) is 5.01 Å². The summed E-state index contributed by atoms with van der Waals surface area (Å²) in [7, 11) is 3.20. The van der Waals surface area contributed by atoms with Crippen LogP contribution in [0.3, 0.4) is 0 Å². The summed E-state index contributed by atoms with van der Waals surface area (Å²) in [6, 6.07) is 12.0. The van der Waals surface area contributed by atoms with Crippen molar-refractivity contribution in [3.63, 3.8) is 0 Å². The monoisotopic (exact) mass is 465 g/mol. The van der Waals surface area contributed by atoms with Gasteiger partial charge in [-0.2, -0.15) is 0 Å². The SMILES string of the molecule is COc1cc(N(N)/C(C)=C(\N)Sc2ccc(C(C)(C)C)cc2)c(OC)cc1Br. The largest absolute Gasteiger partial charge is 0.495 e. The maximum absolute atomic E-state index is 6.36. The molecule has 0 aliphatic heterocycles. The summed E-state index contributed by atoms with van der Waals surface area (Å²) in [6.45, 7) is 8.46. The van der Waals surface area contributed by atoms with E-state index in [0.29, 0.717) is 27.9 Å². The third-order valence-corrected chi connectivity index (χ3v) is 6.02. The summed E-state index contributed by atoms with van der Waals surface area (Å²) in [5, 5.41) is 2.12. The van der Waals surface area contributed by atoms with Crippen LogP contribution in [0.1, 0.15) is 33.3 Å². The standard InChI is InChI=1S/C21H28BrN3O2S/c1-13(20(23)28-15-9-7-14(8-10-15)21(2,3)4)25(24)17-12-18(26-5)16(22)11-19(17)27-6/h7-12H,23-24H2,1-6H3/b20-13+. The molecule has 2 rings (SSSR count). The van der Waals surface area contributed by atoms with E-state index in [1.165, 1.54) is 22.3 Å². The molecule has 2 aromatic rings. The summed E-state index contributed by atoms with van der Waals surface area (Å²) in [4.78, 5) is 1.05. The minimum atomic E-state index is 0.117. The minimum Gasteiger partial charge on any atom is -0.495 e. The zero-order valence-corrected chi connectivity index (χ0v) is 19.6. The highest BCUT2D eigenvalue weighted by Gasteiger charge is 2.17. The lowest BCUT2D eigenvalue weighted by Crippen LogP contribution is -2.31. The van der Waals surface area contributed by atoms with Crippen LogP contribution in [0.5, 0.6) is 11.5 Å². The lowest BCUT2D eigenvalue weighted by Gasteiger charge is -2.24. The van der Waals surface area contributed by atoms with Gasteiger partial charge in [-0.15, -0.1) is 0 Å². The fourth-order valence-electron chi connectivity index (χ4n) is 2.56. The lowest BCUT2D eigenvalue weighted by atomic mass is 9.87. The van der Waals surface area contributed by atoms with Crippen molar-refractivity contribution in [1.29, 1.82) is 0 Å². The van der Waals surface area contributed by atoms with Gasteiger partial charge >= 0.3 is 0 Å². The van der Waals surface area contributed by atoms with E-state index in [1.54, 1.807) is 14.2 Å². The Morgan fingerprint density at radius 2 is 1.61 bits per heavy atom. The van der Waals surface area contributed by atoms with Crippen LogP contribution in [-0.2, 0) is 5.41 Å². The number of hydrazine groups is 1. The Kier molecular flexibility index (Phi) is 7.31. The number of hydrogen-bond donors (Lipinski definition) is 2. The molecular weight excluding hydrogens is 438 g/mol. The summed E-state index contributed by atoms with van der Waals surface area (Å²) in [6.07, 6.45) is 0. The third-order valence-electron chi connectivity index (χ3n) is 4.38. The molecule has 2 aromatic carbocycles. The van der Waals surface area contributed by atoms with E-state index < -0.39 is 0 Å². The molecule has 0 saturated heterocycles. The average molecular weight is 466 g/mol. The van der Waals surface area contributed by atoms with E-state index in [4.69, 9.17) is 21.1 Å². The van der Waals surface area contributed by atoms with Crippen molar-refractivity contribution in [1.82, 2.24) is 0 Å². The Morgan fingerprint density at radius 3 is 2.11 bits per heavy atom. The molecule has 0 aromatic heterocycles. The maximum Gasteiger partial charge on any atom is 0.145 e. The number of halogens is 1. The van der Waals surface area contributed by atoms with Crippen molar-refractivity contribution in [2.75, 3.05) is 19.2 Å². The molecule has 0 aliphatic rings. The number of anilines is 1. The van der Waals surface area contributed by atoms with E-state index in [0.717, 1.165) is 9.37 Å². The van der Waals surface area contributed by atoms with Crippen LogP contribution >= 0.6 is 27.7 Å². The molecule has 0 atom stereocenters. The first kappa shape index (κ1) is 22.5. The maximum atomic E-state index is 6.36. The molecule has 152 valence electrons. The topological polar surface area (TPSA) is 73.7 Å². The van der Waals surface area contributed by atoms with Gasteiger partial charge in [-0.25, -0.2) is 5.84 Å². The van der Waals surface area contributed by atoms with Crippen molar-refractivity contribution < 1.29 is 9.47 Å². The predicted molar refractivity (Wildman–Crippen MR) is 122 cm³/mol. The molecule has 0 radical (unpaired) electrons. The molecule has 7 heteroatoms. The highest BCUT2D eigenvalue weighted by atomic mass is 79.9. The quantitative estimate of drug-likeness (QED) is 0.338. The van der Waals surface area contributed by atoms with Crippen LogP contribution in [0.15, 0.2) is 56.5 Å². The Labute approximate surface area is 180 Å². The Bertz CT molecular complexity index is 861. The van der Waals surface area contributed by atoms with Gasteiger partial charge < -0.3 is 15.2 Å². The van der Waals surface area contributed by atoms with Gasteiger partial charge in [-0.1, -0.05) is 44.7 Å². The summed E-state index contributed by atoms with van der Waals surface area (Å²) >= 11 is 4.93. The Hall–Kier alpha value is -1.83. The molecule has 0 bridgehead atoms. The van der Waals surface area contributed by atoms with Crippen LogP contribution in [0, 0.1) is 0 Å². The first-order chi connectivity index (χ1) is 13.1. The number of nitrogens with two attached hydrogens (primary N) is 2. The van der Waals surface area contributed by atoms with E-state index >= 15 is 0 Å². The highest BCUT2D eigenvalue weighted by Crippen LogP contribution is 2.39. The lowest BCUT2D eigenvalue weighted by molar-refractivity contribution is 0.401. The van der Waals surface area contributed by atoms with Crippen LogP contribution in [0.2, 0.25) is 0 Å². The summed E-state index contributed by atoms with van der Waals surface area (Å²) in [5.41, 5.74) is 9.11. The van der Waals surface area contributed by atoms with Gasteiger partial charge in [0.15, 0.2) is 0 Å². The highest BCUT2D eigenvalue weighted by molar-refractivity contribution is 9.10. The molecule has 0 fully saturated rings. The molecule has 28 heavy (non-hydrogen) atoms. The van der Waals surface area contributed by atoms with Crippen LogP contribution in [0.25, 0.3) is 0 Å². The Morgan fingerprint density at radius 1 is 1.04 bits per heavy atom. The van der Waals surface area contributed by atoms with E-state index in [-0.39, 0.29) is 5.41 Å². The van der Waals surface area contributed by atoms with Gasteiger partial charge in [0, 0.05) is 17.0 Å². The number of nitrogens with zero attached hydrogens (tertiary/aromatic N) is 1. The van der Waals surface area contributed by atoms with Gasteiger partial charge in [0.2, 0.25) is 0 Å². The molecular formula is C21H28BrN3O2S. The van der Waals surface area contributed by atoms with Gasteiger partial charge in [0.25, 0.3) is 0 Å². The van der Waals surface area contributed by atoms with Crippen molar-refractivity contribution in [2.45, 2.75) is 38.0 Å². The zero-order valence-electron chi connectivity index (χ0n) is 17.2. The van der Waals surface area contributed by atoms with Gasteiger partial charge in [0.1, 0.15) is 17.2 Å². The van der Waals surface area contributed by atoms with Crippen molar-refractivity contribution in [3.8, 4) is 11.5 Å². The second-order valence-corrected chi connectivity index (χ2v) is 9.32. The zero-order chi connectivity index (χ0) is 21.1.